The summed E-state index contributed by atoms with van der Waals surface area (Å²) >= 11 is 6.10. The van der Waals surface area contributed by atoms with Crippen molar-refractivity contribution in [2.24, 2.45) is 0 Å². The number of amides is 1. The summed E-state index contributed by atoms with van der Waals surface area (Å²) in [6.07, 6.45) is 0. The molecule has 0 saturated carbocycles. The van der Waals surface area contributed by atoms with E-state index in [9.17, 15) is 13.2 Å². The summed E-state index contributed by atoms with van der Waals surface area (Å²) in [6.45, 7) is 3.46. The van der Waals surface area contributed by atoms with E-state index >= 15 is 0 Å². The Balaban J connectivity index is 1.98. The summed E-state index contributed by atoms with van der Waals surface area (Å²) in [5, 5.41) is 3.06. The van der Waals surface area contributed by atoms with E-state index in [1.807, 2.05) is 19.9 Å². The molecule has 0 atom stereocenters. The molecule has 0 spiro atoms. The second-order valence-electron chi connectivity index (χ2n) is 6.62. The molecule has 0 heterocycles. The van der Waals surface area contributed by atoms with Gasteiger partial charge in [-0.05, 0) is 61.4 Å². The molecule has 0 unspecified atom stereocenters. The van der Waals surface area contributed by atoms with Crippen molar-refractivity contribution >= 4 is 38.9 Å². The molecule has 3 rings (SSSR count). The van der Waals surface area contributed by atoms with Gasteiger partial charge in [-0.3, -0.25) is 9.10 Å². The maximum Gasteiger partial charge on any atom is 0.264 e. The lowest BCUT2D eigenvalue weighted by Gasteiger charge is -2.25. The average Bonchev–Trinajstić information content (AvgIpc) is 2.71. The van der Waals surface area contributed by atoms with Gasteiger partial charge in [-0.2, -0.15) is 0 Å². The number of aryl methyl sites for hydroxylation is 2. The van der Waals surface area contributed by atoms with Crippen LogP contribution in [0, 0.1) is 13.8 Å². The molecular weight excluding hydrogens is 408 g/mol. The number of anilines is 2. The maximum atomic E-state index is 13.3. The van der Waals surface area contributed by atoms with E-state index in [1.54, 1.807) is 54.6 Å². The van der Waals surface area contributed by atoms with Crippen molar-refractivity contribution in [1.29, 1.82) is 0 Å². The highest BCUT2D eigenvalue weighted by atomic mass is 35.5. The zero-order chi connectivity index (χ0) is 21.0. The van der Waals surface area contributed by atoms with E-state index in [0.29, 0.717) is 16.4 Å². The van der Waals surface area contributed by atoms with Crippen LogP contribution in [0.1, 0.15) is 11.1 Å². The highest BCUT2D eigenvalue weighted by Gasteiger charge is 2.27. The van der Waals surface area contributed by atoms with Crippen LogP contribution in [0.3, 0.4) is 0 Å². The van der Waals surface area contributed by atoms with Crippen molar-refractivity contribution in [3.63, 3.8) is 0 Å². The van der Waals surface area contributed by atoms with Crippen LogP contribution in [0.15, 0.2) is 77.7 Å². The van der Waals surface area contributed by atoms with Crippen molar-refractivity contribution in [1.82, 2.24) is 0 Å². The van der Waals surface area contributed by atoms with Crippen molar-refractivity contribution in [3.8, 4) is 0 Å². The third-order valence-corrected chi connectivity index (χ3v) is 6.66. The smallest absolute Gasteiger partial charge is 0.264 e. The first kappa shape index (κ1) is 20.9. The number of halogens is 1. The third kappa shape index (κ3) is 4.78. The molecule has 0 aromatic heterocycles. The lowest BCUT2D eigenvalue weighted by atomic mass is 10.1. The average molecular weight is 429 g/mol. The summed E-state index contributed by atoms with van der Waals surface area (Å²) in [5.41, 5.74) is 2.82. The number of hydrogen-bond donors (Lipinski definition) is 1. The van der Waals surface area contributed by atoms with Crippen molar-refractivity contribution in [2.75, 3.05) is 16.2 Å². The van der Waals surface area contributed by atoms with E-state index in [-0.39, 0.29) is 11.4 Å². The second-order valence-corrected chi connectivity index (χ2v) is 8.89. The summed E-state index contributed by atoms with van der Waals surface area (Å²) < 4.78 is 27.7. The lowest BCUT2D eigenvalue weighted by Crippen LogP contribution is -2.38. The van der Waals surface area contributed by atoms with Gasteiger partial charge in [0.15, 0.2) is 0 Å². The highest BCUT2D eigenvalue weighted by molar-refractivity contribution is 7.92. The van der Waals surface area contributed by atoms with Gasteiger partial charge in [0.25, 0.3) is 10.0 Å². The fraction of sp³-hybridized carbons (Fsp3) is 0.136. The number of carbonyl (C=O) groups is 1. The van der Waals surface area contributed by atoms with Crippen molar-refractivity contribution in [2.45, 2.75) is 18.7 Å². The van der Waals surface area contributed by atoms with E-state index in [2.05, 4.69) is 5.32 Å². The van der Waals surface area contributed by atoms with Crippen molar-refractivity contribution in [3.05, 3.63) is 88.9 Å². The highest BCUT2D eigenvalue weighted by Crippen LogP contribution is 2.26. The largest absolute Gasteiger partial charge is 0.323 e. The minimum Gasteiger partial charge on any atom is -0.323 e. The number of rotatable bonds is 6. The minimum absolute atomic E-state index is 0.115. The Morgan fingerprint density at radius 3 is 2.24 bits per heavy atom. The van der Waals surface area contributed by atoms with Crippen LogP contribution in [0.5, 0.6) is 0 Å². The van der Waals surface area contributed by atoms with Gasteiger partial charge in [0, 0.05) is 0 Å². The van der Waals surface area contributed by atoms with Gasteiger partial charge < -0.3 is 5.32 Å². The van der Waals surface area contributed by atoms with Crippen LogP contribution >= 0.6 is 11.6 Å². The monoisotopic (exact) mass is 428 g/mol. The van der Waals surface area contributed by atoms with Gasteiger partial charge in [0.05, 0.1) is 21.3 Å². The standard InChI is InChI=1S/C22H21ClN2O3S/c1-16-12-13-18(14-17(16)2)25(29(27,28)19-8-4-3-5-9-19)15-22(26)24-21-11-7-6-10-20(21)23/h3-14H,15H2,1-2H3,(H,24,26). The first-order valence-corrected chi connectivity index (χ1v) is 10.8. The number of hydrogen-bond acceptors (Lipinski definition) is 3. The fourth-order valence-corrected chi connectivity index (χ4v) is 4.42. The van der Waals surface area contributed by atoms with Gasteiger partial charge in [-0.1, -0.05) is 48.0 Å². The van der Waals surface area contributed by atoms with Crippen LogP contribution in [-0.2, 0) is 14.8 Å². The Kier molecular flexibility index (Phi) is 6.25. The zero-order valence-electron chi connectivity index (χ0n) is 16.1. The normalized spacial score (nSPS) is 11.1. The molecule has 0 aliphatic carbocycles. The number of carbonyl (C=O) groups excluding carboxylic acids is 1. The first-order valence-electron chi connectivity index (χ1n) is 8.98. The topological polar surface area (TPSA) is 66.5 Å². The molecule has 0 aliphatic rings. The third-order valence-electron chi connectivity index (χ3n) is 4.54. The van der Waals surface area contributed by atoms with E-state index in [1.165, 1.54) is 12.1 Å². The second kappa shape index (κ2) is 8.68. The molecule has 0 aliphatic heterocycles. The van der Waals surface area contributed by atoms with E-state index in [4.69, 9.17) is 11.6 Å². The quantitative estimate of drug-likeness (QED) is 0.613. The van der Waals surface area contributed by atoms with Gasteiger partial charge >= 0.3 is 0 Å². The van der Waals surface area contributed by atoms with Gasteiger partial charge in [0.2, 0.25) is 5.91 Å². The predicted molar refractivity (Wildman–Crippen MR) is 117 cm³/mol. The summed E-state index contributed by atoms with van der Waals surface area (Å²) in [6, 6.07) is 20.2. The number of sulfonamides is 1. The Morgan fingerprint density at radius 2 is 1.59 bits per heavy atom. The molecule has 150 valence electrons. The number of benzene rings is 3. The fourth-order valence-electron chi connectivity index (χ4n) is 2.80. The van der Waals surface area contributed by atoms with Crippen LogP contribution in [0.2, 0.25) is 5.02 Å². The summed E-state index contributed by atoms with van der Waals surface area (Å²) in [5.74, 6) is -0.490. The first-order chi connectivity index (χ1) is 13.8. The van der Waals surface area contributed by atoms with Gasteiger partial charge in [0.1, 0.15) is 6.54 Å². The SMILES string of the molecule is Cc1ccc(N(CC(=O)Nc2ccccc2Cl)S(=O)(=O)c2ccccc2)cc1C. The lowest BCUT2D eigenvalue weighted by molar-refractivity contribution is -0.114. The Morgan fingerprint density at radius 1 is 0.931 bits per heavy atom. The van der Waals surface area contributed by atoms with E-state index in [0.717, 1.165) is 15.4 Å². The summed E-state index contributed by atoms with van der Waals surface area (Å²) in [7, 11) is -3.94. The Labute approximate surface area is 176 Å². The minimum atomic E-state index is -3.94. The van der Waals surface area contributed by atoms with Gasteiger partial charge in [-0.15, -0.1) is 0 Å². The van der Waals surface area contributed by atoms with Crippen molar-refractivity contribution < 1.29 is 13.2 Å². The molecule has 5 nitrogen and oxygen atoms in total. The number of nitrogens with one attached hydrogen (secondary N) is 1. The van der Waals surface area contributed by atoms with Crippen LogP contribution < -0.4 is 9.62 Å². The molecule has 7 heteroatoms. The summed E-state index contributed by atoms with van der Waals surface area (Å²) in [4.78, 5) is 12.8. The molecule has 29 heavy (non-hydrogen) atoms. The van der Waals surface area contributed by atoms with Gasteiger partial charge in [-0.25, -0.2) is 8.42 Å². The predicted octanol–water partition coefficient (Wildman–Crippen LogP) is 4.79. The molecular formula is C22H21ClN2O3S. The Hall–Kier alpha value is -2.83. The molecule has 1 amide bonds. The van der Waals surface area contributed by atoms with Crippen LogP contribution in [-0.4, -0.2) is 20.9 Å². The number of nitrogens with zero attached hydrogens (tertiary/aromatic N) is 1. The number of para-hydroxylation sites is 1. The molecule has 0 saturated heterocycles. The van der Waals surface area contributed by atoms with Crippen LogP contribution in [0.25, 0.3) is 0 Å². The Bertz CT molecular complexity index is 1130. The zero-order valence-corrected chi connectivity index (χ0v) is 17.7. The maximum absolute atomic E-state index is 13.3. The molecule has 3 aromatic carbocycles. The molecule has 0 fully saturated rings. The molecule has 1 N–H and O–H groups in total. The van der Waals surface area contributed by atoms with E-state index < -0.39 is 15.9 Å². The molecule has 3 aromatic rings. The molecule has 0 radical (unpaired) electrons. The molecule has 0 bridgehead atoms. The van der Waals surface area contributed by atoms with Crippen LogP contribution in [0.4, 0.5) is 11.4 Å².